The maximum Gasteiger partial charge on any atom is 0.0946 e. The Kier molecular flexibility index (Phi) is 2.37. The molecule has 2 aliphatic rings. The quantitative estimate of drug-likeness (QED) is 0.849. The Labute approximate surface area is 111 Å². The van der Waals surface area contributed by atoms with Crippen molar-refractivity contribution in [2.24, 2.45) is 0 Å². The Hall–Kier alpha value is -1.52. The molecule has 1 aromatic carbocycles. The number of hydrogen-bond donors (Lipinski definition) is 1. The molecule has 0 aliphatic carbocycles. The van der Waals surface area contributed by atoms with Gasteiger partial charge in [0.15, 0.2) is 0 Å². The molecule has 3 heterocycles. The second-order valence-electron chi connectivity index (χ2n) is 5.66. The second kappa shape index (κ2) is 3.99. The minimum atomic E-state index is -0.768. The molecule has 2 aromatic rings. The Morgan fingerprint density at radius 3 is 2.47 bits per heavy atom. The van der Waals surface area contributed by atoms with Crippen LogP contribution in [-0.4, -0.2) is 27.3 Å². The van der Waals surface area contributed by atoms with E-state index in [9.17, 15) is 5.11 Å². The van der Waals surface area contributed by atoms with Crippen LogP contribution in [0.4, 0.5) is 0 Å². The number of nitrogens with zero attached hydrogens (tertiary/aromatic N) is 2. The van der Waals surface area contributed by atoms with Crippen LogP contribution < -0.4 is 0 Å². The summed E-state index contributed by atoms with van der Waals surface area (Å²) in [6.07, 6.45) is 7.31. The molecule has 4 rings (SSSR count). The van der Waals surface area contributed by atoms with E-state index in [0.717, 1.165) is 29.4 Å². The fourth-order valence-electron chi connectivity index (χ4n) is 3.41. The molecule has 2 unspecified atom stereocenters. The van der Waals surface area contributed by atoms with Crippen LogP contribution >= 0.6 is 0 Å². The minimum absolute atomic E-state index is 0.210. The first-order valence-corrected chi connectivity index (χ1v) is 6.82. The SMILES string of the molecule is OC1(c2ccc3nccnc3c2)CC2CCC(C1)O2. The van der Waals surface area contributed by atoms with Crippen LogP contribution in [0.3, 0.4) is 0 Å². The summed E-state index contributed by atoms with van der Waals surface area (Å²) >= 11 is 0. The molecule has 2 fully saturated rings. The van der Waals surface area contributed by atoms with Gasteiger partial charge in [-0.25, -0.2) is 0 Å². The standard InChI is InChI=1S/C15H16N2O2/c18-15(8-11-2-3-12(9-15)19-11)10-1-4-13-14(7-10)17-6-5-16-13/h1,4-7,11-12,18H,2-3,8-9H2. The summed E-state index contributed by atoms with van der Waals surface area (Å²) in [5.74, 6) is 0. The average Bonchev–Trinajstić information content (AvgIpc) is 2.78. The van der Waals surface area contributed by atoms with Crippen molar-refractivity contribution < 1.29 is 9.84 Å². The monoisotopic (exact) mass is 256 g/mol. The largest absolute Gasteiger partial charge is 0.385 e. The number of aromatic nitrogens is 2. The molecule has 98 valence electrons. The molecule has 2 bridgehead atoms. The van der Waals surface area contributed by atoms with Gasteiger partial charge in [0.2, 0.25) is 0 Å². The molecule has 1 N–H and O–H groups in total. The molecule has 4 nitrogen and oxygen atoms in total. The Balaban J connectivity index is 1.76. The Morgan fingerprint density at radius 1 is 1.05 bits per heavy atom. The van der Waals surface area contributed by atoms with Crippen LogP contribution in [-0.2, 0) is 10.3 Å². The van der Waals surface area contributed by atoms with E-state index in [1.165, 1.54) is 0 Å². The number of rotatable bonds is 1. The number of aliphatic hydroxyl groups is 1. The van der Waals surface area contributed by atoms with E-state index < -0.39 is 5.60 Å². The topological polar surface area (TPSA) is 55.2 Å². The summed E-state index contributed by atoms with van der Waals surface area (Å²) in [7, 11) is 0. The molecule has 2 atom stereocenters. The van der Waals surface area contributed by atoms with Crippen molar-refractivity contribution in [1.82, 2.24) is 9.97 Å². The minimum Gasteiger partial charge on any atom is -0.385 e. The van der Waals surface area contributed by atoms with Crippen molar-refractivity contribution in [2.45, 2.75) is 43.5 Å². The number of ether oxygens (including phenoxy) is 1. The molecule has 2 saturated heterocycles. The van der Waals surface area contributed by atoms with E-state index in [1.54, 1.807) is 12.4 Å². The van der Waals surface area contributed by atoms with Gasteiger partial charge >= 0.3 is 0 Å². The summed E-state index contributed by atoms with van der Waals surface area (Å²) in [6.45, 7) is 0. The molecule has 19 heavy (non-hydrogen) atoms. The lowest BCUT2D eigenvalue weighted by Gasteiger charge is -2.36. The van der Waals surface area contributed by atoms with Crippen LogP contribution in [0.1, 0.15) is 31.2 Å². The van der Waals surface area contributed by atoms with Gasteiger partial charge < -0.3 is 9.84 Å². The van der Waals surface area contributed by atoms with Gasteiger partial charge in [0.1, 0.15) is 0 Å². The van der Waals surface area contributed by atoms with Crippen LogP contribution in [0.2, 0.25) is 0 Å². The third-order valence-corrected chi connectivity index (χ3v) is 4.33. The van der Waals surface area contributed by atoms with Crippen LogP contribution in [0.25, 0.3) is 11.0 Å². The Bertz CT molecular complexity index is 616. The van der Waals surface area contributed by atoms with Crippen LogP contribution in [0.15, 0.2) is 30.6 Å². The normalized spacial score (nSPS) is 33.7. The third-order valence-electron chi connectivity index (χ3n) is 4.33. The molecule has 0 radical (unpaired) electrons. The highest BCUT2D eigenvalue weighted by Crippen LogP contribution is 2.44. The zero-order valence-corrected chi connectivity index (χ0v) is 10.6. The fourth-order valence-corrected chi connectivity index (χ4v) is 3.41. The second-order valence-corrected chi connectivity index (χ2v) is 5.66. The van der Waals surface area contributed by atoms with Crippen LogP contribution in [0, 0.1) is 0 Å². The predicted molar refractivity (Wildman–Crippen MR) is 70.6 cm³/mol. The highest BCUT2D eigenvalue weighted by atomic mass is 16.5. The first kappa shape index (κ1) is 11.3. The number of benzene rings is 1. The highest BCUT2D eigenvalue weighted by molar-refractivity contribution is 5.74. The molecule has 0 spiro atoms. The smallest absolute Gasteiger partial charge is 0.0946 e. The summed E-state index contributed by atoms with van der Waals surface area (Å²) in [4.78, 5) is 8.58. The van der Waals surface area contributed by atoms with Gasteiger partial charge in [-0.3, -0.25) is 9.97 Å². The van der Waals surface area contributed by atoms with Crippen LogP contribution in [0.5, 0.6) is 0 Å². The molecule has 4 heteroatoms. The lowest BCUT2D eigenvalue weighted by Crippen LogP contribution is -2.38. The van der Waals surface area contributed by atoms with Gasteiger partial charge in [-0.15, -0.1) is 0 Å². The van der Waals surface area contributed by atoms with Gasteiger partial charge in [-0.2, -0.15) is 0 Å². The van der Waals surface area contributed by atoms with E-state index in [2.05, 4.69) is 9.97 Å². The predicted octanol–water partition coefficient (Wildman–Crippen LogP) is 2.16. The lowest BCUT2D eigenvalue weighted by atomic mass is 9.83. The van der Waals surface area contributed by atoms with Gasteiger partial charge in [0.05, 0.1) is 28.8 Å². The van der Waals surface area contributed by atoms with Crippen molar-refractivity contribution in [3.8, 4) is 0 Å². The zero-order chi connectivity index (χ0) is 12.9. The summed E-state index contributed by atoms with van der Waals surface area (Å²) in [5.41, 5.74) is 1.88. The fraction of sp³-hybridized carbons (Fsp3) is 0.467. The van der Waals surface area contributed by atoms with Crippen molar-refractivity contribution in [1.29, 1.82) is 0 Å². The van der Waals surface area contributed by atoms with E-state index in [1.807, 2.05) is 18.2 Å². The van der Waals surface area contributed by atoms with Crippen molar-refractivity contribution >= 4 is 11.0 Å². The molecular formula is C15H16N2O2. The molecule has 0 amide bonds. The van der Waals surface area contributed by atoms with Crippen molar-refractivity contribution in [2.75, 3.05) is 0 Å². The van der Waals surface area contributed by atoms with Gasteiger partial charge in [-0.05, 0) is 30.5 Å². The zero-order valence-electron chi connectivity index (χ0n) is 10.6. The van der Waals surface area contributed by atoms with E-state index >= 15 is 0 Å². The van der Waals surface area contributed by atoms with Crippen molar-refractivity contribution in [3.63, 3.8) is 0 Å². The maximum atomic E-state index is 11.0. The maximum absolute atomic E-state index is 11.0. The summed E-state index contributed by atoms with van der Waals surface area (Å²) < 4.78 is 5.81. The highest BCUT2D eigenvalue weighted by Gasteiger charge is 2.44. The van der Waals surface area contributed by atoms with E-state index in [4.69, 9.17) is 4.74 Å². The van der Waals surface area contributed by atoms with Gasteiger partial charge in [-0.1, -0.05) is 6.07 Å². The van der Waals surface area contributed by atoms with Gasteiger partial charge in [0, 0.05) is 25.2 Å². The number of hydrogen-bond acceptors (Lipinski definition) is 4. The van der Waals surface area contributed by atoms with Gasteiger partial charge in [0.25, 0.3) is 0 Å². The average molecular weight is 256 g/mol. The van der Waals surface area contributed by atoms with E-state index in [0.29, 0.717) is 12.8 Å². The first-order chi connectivity index (χ1) is 9.23. The molecule has 0 saturated carbocycles. The van der Waals surface area contributed by atoms with Crippen molar-refractivity contribution in [3.05, 3.63) is 36.2 Å². The summed E-state index contributed by atoms with van der Waals surface area (Å²) in [5, 5.41) is 11.0. The summed E-state index contributed by atoms with van der Waals surface area (Å²) in [6, 6.07) is 5.88. The van der Waals surface area contributed by atoms with E-state index in [-0.39, 0.29) is 12.2 Å². The third kappa shape index (κ3) is 1.83. The molecule has 1 aromatic heterocycles. The first-order valence-electron chi connectivity index (χ1n) is 6.82. The number of fused-ring (bicyclic) bond motifs is 3. The molecule has 2 aliphatic heterocycles. The molecular weight excluding hydrogens is 240 g/mol. The Morgan fingerprint density at radius 2 is 1.74 bits per heavy atom. The lowest BCUT2D eigenvalue weighted by molar-refractivity contribution is -0.115.